The standard InChI is InChI=1S/C24H29F3O6S2/c1-23(2)13-16-10-20(30-3)21(31-4)12-19(16)22(34-15-23)14-32-8-9-33-35(28,29)18-7-5-6-17(11-18)24(25,26)27/h5-7,10-12,22H,8-9,13-15H2,1-4H3. The average Bonchev–Trinajstić information content (AvgIpc) is 2.92. The van der Waals surface area contributed by atoms with Crippen LogP contribution in [0.15, 0.2) is 41.3 Å². The van der Waals surface area contributed by atoms with Crippen molar-refractivity contribution in [2.45, 2.75) is 36.6 Å². The highest BCUT2D eigenvalue weighted by atomic mass is 32.2. The third-order valence-corrected chi connectivity index (χ3v) is 8.57. The van der Waals surface area contributed by atoms with E-state index in [1.165, 1.54) is 0 Å². The van der Waals surface area contributed by atoms with E-state index >= 15 is 0 Å². The van der Waals surface area contributed by atoms with Gasteiger partial charge >= 0.3 is 6.18 Å². The number of hydrogen-bond acceptors (Lipinski definition) is 7. The number of thioether (sulfide) groups is 1. The fourth-order valence-corrected chi connectivity index (χ4v) is 6.09. The monoisotopic (exact) mass is 534 g/mol. The third-order valence-electron chi connectivity index (χ3n) is 5.52. The van der Waals surface area contributed by atoms with Gasteiger partial charge in [-0.1, -0.05) is 19.9 Å². The minimum Gasteiger partial charge on any atom is -0.493 e. The summed E-state index contributed by atoms with van der Waals surface area (Å²) in [6.45, 7) is 4.32. The average molecular weight is 535 g/mol. The van der Waals surface area contributed by atoms with Crippen molar-refractivity contribution < 1.29 is 40.0 Å². The van der Waals surface area contributed by atoms with Gasteiger partial charge in [0.2, 0.25) is 0 Å². The molecule has 1 aliphatic heterocycles. The molecule has 1 heterocycles. The van der Waals surface area contributed by atoms with Crippen LogP contribution in [0, 0.1) is 5.41 Å². The second-order valence-electron chi connectivity index (χ2n) is 8.92. The van der Waals surface area contributed by atoms with Crippen LogP contribution >= 0.6 is 11.8 Å². The minimum atomic E-state index is -4.65. The lowest BCUT2D eigenvalue weighted by Gasteiger charge is -2.22. The second kappa shape index (κ2) is 11.0. The number of ether oxygens (including phenoxy) is 3. The van der Waals surface area contributed by atoms with Crippen LogP contribution in [0.1, 0.15) is 35.8 Å². The van der Waals surface area contributed by atoms with Gasteiger partial charge < -0.3 is 14.2 Å². The van der Waals surface area contributed by atoms with Gasteiger partial charge in [0.1, 0.15) is 0 Å². The predicted octanol–water partition coefficient (Wildman–Crippen LogP) is 5.50. The van der Waals surface area contributed by atoms with Crippen LogP contribution in [0.2, 0.25) is 0 Å². The summed E-state index contributed by atoms with van der Waals surface area (Å²) in [7, 11) is -1.18. The van der Waals surface area contributed by atoms with Gasteiger partial charge in [0, 0.05) is 0 Å². The summed E-state index contributed by atoms with van der Waals surface area (Å²) >= 11 is 1.74. The fourth-order valence-electron chi connectivity index (χ4n) is 3.80. The van der Waals surface area contributed by atoms with Crippen LogP contribution in [0.4, 0.5) is 13.2 Å². The molecule has 0 spiro atoms. The van der Waals surface area contributed by atoms with Crippen molar-refractivity contribution in [3.8, 4) is 11.5 Å². The molecule has 0 fully saturated rings. The predicted molar refractivity (Wildman–Crippen MR) is 128 cm³/mol. The van der Waals surface area contributed by atoms with Crippen LogP contribution in [0.25, 0.3) is 0 Å². The van der Waals surface area contributed by atoms with Crippen molar-refractivity contribution in [1.29, 1.82) is 0 Å². The molecule has 1 atom stereocenters. The first-order chi connectivity index (χ1) is 16.4. The largest absolute Gasteiger partial charge is 0.493 e. The summed E-state index contributed by atoms with van der Waals surface area (Å²) in [5, 5.41) is -0.0216. The summed E-state index contributed by atoms with van der Waals surface area (Å²) in [6, 6.07) is 7.38. The topological polar surface area (TPSA) is 71.1 Å². The zero-order valence-electron chi connectivity index (χ0n) is 20.0. The minimum absolute atomic E-state index is 0.0216. The zero-order valence-corrected chi connectivity index (χ0v) is 21.6. The highest BCUT2D eigenvalue weighted by Crippen LogP contribution is 2.45. The Hall–Kier alpha value is -1.95. The molecule has 35 heavy (non-hydrogen) atoms. The van der Waals surface area contributed by atoms with Crippen molar-refractivity contribution in [3.05, 3.63) is 53.1 Å². The Kier molecular flexibility index (Phi) is 8.67. The van der Waals surface area contributed by atoms with Gasteiger partial charge in [0.15, 0.2) is 11.5 Å². The summed E-state index contributed by atoms with van der Waals surface area (Å²) < 4.78 is 84.8. The van der Waals surface area contributed by atoms with E-state index < -0.39 is 26.8 Å². The molecule has 2 aromatic rings. The van der Waals surface area contributed by atoms with Crippen molar-refractivity contribution in [3.63, 3.8) is 0 Å². The van der Waals surface area contributed by atoms with Crippen LogP contribution in [0.5, 0.6) is 11.5 Å². The highest BCUT2D eigenvalue weighted by molar-refractivity contribution is 7.99. The number of fused-ring (bicyclic) bond motifs is 1. The molecule has 0 aliphatic carbocycles. The molecule has 0 bridgehead atoms. The second-order valence-corrected chi connectivity index (χ2v) is 11.7. The lowest BCUT2D eigenvalue weighted by Crippen LogP contribution is -2.17. The van der Waals surface area contributed by atoms with E-state index in [1.807, 2.05) is 12.1 Å². The third kappa shape index (κ3) is 7.05. The van der Waals surface area contributed by atoms with Gasteiger partial charge in [0.05, 0.1) is 49.7 Å². The Balaban J connectivity index is 1.64. The number of hydrogen-bond donors (Lipinski definition) is 0. The molecule has 0 amide bonds. The Bertz CT molecular complexity index is 1130. The van der Waals surface area contributed by atoms with E-state index in [2.05, 4.69) is 13.8 Å². The van der Waals surface area contributed by atoms with Crippen molar-refractivity contribution >= 4 is 21.9 Å². The Morgan fingerprint density at radius 2 is 1.74 bits per heavy atom. The normalized spacial score (nSPS) is 18.0. The number of rotatable bonds is 9. The first-order valence-corrected chi connectivity index (χ1v) is 13.3. The van der Waals surface area contributed by atoms with Gasteiger partial charge in [-0.05, 0) is 59.0 Å². The molecule has 11 heteroatoms. The van der Waals surface area contributed by atoms with Gasteiger partial charge in [-0.25, -0.2) is 0 Å². The fraction of sp³-hybridized carbons (Fsp3) is 0.500. The lowest BCUT2D eigenvalue weighted by atomic mass is 9.85. The molecule has 0 saturated heterocycles. The Morgan fingerprint density at radius 3 is 2.40 bits per heavy atom. The van der Waals surface area contributed by atoms with Crippen molar-refractivity contribution in [1.82, 2.24) is 0 Å². The van der Waals surface area contributed by atoms with Gasteiger partial charge in [-0.2, -0.15) is 33.4 Å². The summed E-state index contributed by atoms with van der Waals surface area (Å²) in [4.78, 5) is -0.552. The highest BCUT2D eigenvalue weighted by Gasteiger charge is 2.32. The molecule has 6 nitrogen and oxygen atoms in total. The van der Waals surface area contributed by atoms with E-state index in [0.717, 1.165) is 41.5 Å². The zero-order chi connectivity index (χ0) is 25.9. The molecule has 2 aromatic carbocycles. The number of methoxy groups -OCH3 is 2. The van der Waals surface area contributed by atoms with E-state index in [9.17, 15) is 21.6 Å². The number of alkyl halides is 3. The van der Waals surface area contributed by atoms with E-state index in [1.54, 1.807) is 26.0 Å². The number of halogens is 3. The van der Waals surface area contributed by atoms with E-state index in [-0.39, 0.29) is 23.9 Å². The van der Waals surface area contributed by atoms with Crippen LogP contribution < -0.4 is 9.47 Å². The molecule has 1 unspecified atom stereocenters. The first-order valence-electron chi connectivity index (χ1n) is 10.9. The molecular formula is C24H29F3O6S2. The van der Waals surface area contributed by atoms with E-state index in [4.69, 9.17) is 18.4 Å². The maximum Gasteiger partial charge on any atom is 0.416 e. The van der Waals surface area contributed by atoms with Crippen LogP contribution in [-0.2, 0) is 31.6 Å². The SMILES string of the molecule is COc1cc2c(cc1OC)C(COCCOS(=O)(=O)c1cccc(C(F)(F)F)c1)SCC(C)(C)C2. The molecule has 3 rings (SSSR count). The van der Waals surface area contributed by atoms with Crippen LogP contribution in [0.3, 0.4) is 0 Å². The van der Waals surface area contributed by atoms with Gasteiger partial charge in [-0.3, -0.25) is 4.18 Å². The van der Waals surface area contributed by atoms with Crippen LogP contribution in [-0.4, -0.2) is 48.2 Å². The molecule has 0 radical (unpaired) electrons. The Morgan fingerprint density at radius 1 is 1.06 bits per heavy atom. The van der Waals surface area contributed by atoms with Gasteiger partial charge in [0.25, 0.3) is 10.1 Å². The molecule has 0 aromatic heterocycles. The van der Waals surface area contributed by atoms with Crippen molar-refractivity contribution in [2.24, 2.45) is 5.41 Å². The Labute approximate surface area is 208 Å². The molecule has 194 valence electrons. The maximum absolute atomic E-state index is 12.9. The summed E-state index contributed by atoms with van der Waals surface area (Å²) in [5.74, 6) is 2.16. The lowest BCUT2D eigenvalue weighted by molar-refractivity contribution is -0.137. The van der Waals surface area contributed by atoms with Gasteiger partial charge in [-0.15, -0.1) is 0 Å². The number of benzene rings is 2. The molecule has 0 N–H and O–H groups in total. The first kappa shape index (κ1) is 27.6. The molecule has 0 saturated carbocycles. The summed E-state index contributed by atoms with van der Waals surface area (Å²) in [6.07, 6.45) is -3.80. The maximum atomic E-state index is 12.9. The van der Waals surface area contributed by atoms with E-state index in [0.29, 0.717) is 24.2 Å². The quantitative estimate of drug-likeness (QED) is 0.311. The summed E-state index contributed by atoms with van der Waals surface area (Å²) in [5.41, 5.74) is 1.19. The molecular weight excluding hydrogens is 505 g/mol. The smallest absolute Gasteiger partial charge is 0.416 e. The molecule has 1 aliphatic rings. The van der Waals surface area contributed by atoms with Crippen molar-refractivity contribution in [2.75, 3.05) is 39.8 Å².